The molecule has 2 aromatic heterocycles. The zero-order chi connectivity index (χ0) is 18.6. The minimum absolute atomic E-state index is 0.124. The molecule has 1 amide bonds. The van der Waals surface area contributed by atoms with Crippen LogP contribution in [0.3, 0.4) is 0 Å². The third-order valence-electron chi connectivity index (χ3n) is 4.98. The number of amides is 1. The number of nitrogens with one attached hydrogen (secondary N) is 1. The predicted molar refractivity (Wildman–Crippen MR) is 104 cm³/mol. The van der Waals surface area contributed by atoms with Crippen LogP contribution in [0.15, 0.2) is 61.1 Å². The molecule has 4 rings (SSSR count). The van der Waals surface area contributed by atoms with Gasteiger partial charge in [-0.05, 0) is 31.2 Å². The molecule has 1 saturated heterocycles. The molecule has 1 fully saturated rings. The van der Waals surface area contributed by atoms with E-state index in [1.165, 1.54) is 0 Å². The number of carbonyl (C=O) groups excluding carboxylic acids is 1. The van der Waals surface area contributed by atoms with Crippen molar-refractivity contribution in [1.82, 2.24) is 25.0 Å². The lowest BCUT2D eigenvalue weighted by molar-refractivity contribution is -0.120. The molecule has 1 N–H and O–H groups in total. The van der Waals surface area contributed by atoms with Crippen LogP contribution in [0.5, 0.6) is 0 Å². The summed E-state index contributed by atoms with van der Waals surface area (Å²) in [6.07, 6.45) is 6.20. The Morgan fingerprint density at radius 2 is 1.93 bits per heavy atom. The van der Waals surface area contributed by atoms with Gasteiger partial charge in [-0.1, -0.05) is 18.2 Å². The summed E-state index contributed by atoms with van der Waals surface area (Å²) in [5.41, 5.74) is 4.18. The highest BCUT2D eigenvalue weighted by molar-refractivity contribution is 5.76. The van der Waals surface area contributed by atoms with Crippen LogP contribution in [0.25, 0.3) is 16.9 Å². The second-order valence-corrected chi connectivity index (χ2v) is 6.89. The maximum Gasteiger partial charge on any atom is 0.221 e. The third kappa shape index (κ3) is 3.90. The maximum atomic E-state index is 11.7. The van der Waals surface area contributed by atoms with Crippen LogP contribution in [-0.4, -0.2) is 44.7 Å². The van der Waals surface area contributed by atoms with Crippen molar-refractivity contribution in [3.8, 4) is 16.9 Å². The van der Waals surface area contributed by atoms with E-state index in [2.05, 4.69) is 28.3 Å². The molecule has 6 heteroatoms. The first-order chi connectivity index (χ1) is 13.2. The van der Waals surface area contributed by atoms with Crippen molar-refractivity contribution in [2.75, 3.05) is 13.1 Å². The number of hydrogen-bond donors (Lipinski definition) is 1. The van der Waals surface area contributed by atoms with Crippen LogP contribution in [0.2, 0.25) is 0 Å². The minimum atomic E-state index is 0.124. The lowest BCUT2D eigenvalue weighted by atomic mass is 10.1. The second-order valence-electron chi connectivity index (χ2n) is 6.89. The number of hydrogen-bond acceptors (Lipinski definition) is 4. The second kappa shape index (κ2) is 7.72. The Morgan fingerprint density at radius 3 is 2.70 bits per heavy atom. The zero-order valence-corrected chi connectivity index (χ0v) is 15.4. The first-order valence-electron chi connectivity index (χ1n) is 9.26. The Kier molecular flexibility index (Phi) is 4.98. The zero-order valence-electron chi connectivity index (χ0n) is 15.4. The average Bonchev–Trinajstić information content (AvgIpc) is 3.07. The number of carbonyl (C=O) groups is 1. The maximum absolute atomic E-state index is 11.7. The molecule has 138 valence electrons. The van der Waals surface area contributed by atoms with Crippen molar-refractivity contribution >= 4 is 5.91 Å². The van der Waals surface area contributed by atoms with Crippen molar-refractivity contribution in [3.63, 3.8) is 0 Å². The van der Waals surface area contributed by atoms with Gasteiger partial charge in [0.15, 0.2) is 0 Å². The molecule has 1 aliphatic heterocycles. The Bertz CT molecular complexity index is 907. The Hall–Kier alpha value is -2.99. The van der Waals surface area contributed by atoms with Gasteiger partial charge in [-0.2, -0.15) is 5.10 Å². The monoisotopic (exact) mass is 361 g/mol. The fraction of sp³-hybridized carbons (Fsp3) is 0.286. The van der Waals surface area contributed by atoms with E-state index >= 15 is 0 Å². The van der Waals surface area contributed by atoms with E-state index in [0.717, 1.165) is 35.6 Å². The minimum Gasteiger partial charge on any atom is -0.355 e. The normalized spacial score (nSPS) is 18.1. The SMILES string of the molecule is C[C@H]1CNC(=O)CCN1Cc1cn(-c2ccccc2)nc1-c1ccncc1. The van der Waals surface area contributed by atoms with E-state index in [0.29, 0.717) is 13.0 Å². The van der Waals surface area contributed by atoms with Crippen molar-refractivity contribution in [1.29, 1.82) is 0 Å². The van der Waals surface area contributed by atoms with E-state index in [1.54, 1.807) is 12.4 Å². The average molecular weight is 361 g/mol. The summed E-state index contributed by atoms with van der Waals surface area (Å²) < 4.78 is 1.93. The molecule has 3 aromatic rings. The van der Waals surface area contributed by atoms with Gasteiger partial charge in [-0.15, -0.1) is 0 Å². The summed E-state index contributed by atoms with van der Waals surface area (Å²) in [6, 6.07) is 14.4. The molecule has 0 aliphatic carbocycles. The van der Waals surface area contributed by atoms with Crippen molar-refractivity contribution in [3.05, 3.63) is 66.6 Å². The number of benzene rings is 1. The first kappa shape index (κ1) is 17.4. The standard InChI is InChI=1S/C21H23N5O/c1-16-13-23-20(27)9-12-25(16)14-18-15-26(19-5-3-2-4-6-19)24-21(18)17-7-10-22-11-8-17/h2-8,10-11,15-16H,9,12-14H2,1H3,(H,23,27)/t16-/m0/s1. The first-order valence-corrected chi connectivity index (χ1v) is 9.26. The highest BCUT2D eigenvalue weighted by atomic mass is 16.1. The molecule has 1 aromatic carbocycles. The predicted octanol–water partition coefficient (Wildman–Crippen LogP) is 2.64. The Balaban J connectivity index is 1.70. The fourth-order valence-electron chi connectivity index (χ4n) is 3.39. The quantitative estimate of drug-likeness (QED) is 0.776. The van der Waals surface area contributed by atoms with Crippen molar-refractivity contribution in [2.24, 2.45) is 0 Å². The van der Waals surface area contributed by atoms with Gasteiger partial charge in [0.25, 0.3) is 0 Å². The van der Waals surface area contributed by atoms with E-state index in [-0.39, 0.29) is 11.9 Å². The molecule has 27 heavy (non-hydrogen) atoms. The number of aromatic nitrogens is 3. The molecular weight excluding hydrogens is 338 g/mol. The van der Waals surface area contributed by atoms with E-state index in [1.807, 2.05) is 47.1 Å². The number of rotatable bonds is 4. The van der Waals surface area contributed by atoms with Gasteiger partial charge < -0.3 is 5.32 Å². The third-order valence-corrected chi connectivity index (χ3v) is 4.98. The molecule has 0 radical (unpaired) electrons. The van der Waals surface area contributed by atoms with Gasteiger partial charge in [0, 0.05) is 61.8 Å². The fourth-order valence-corrected chi connectivity index (χ4v) is 3.39. The van der Waals surface area contributed by atoms with Crippen molar-refractivity contribution < 1.29 is 4.79 Å². The lowest BCUT2D eigenvalue weighted by Gasteiger charge is -2.26. The van der Waals surface area contributed by atoms with Crippen molar-refractivity contribution in [2.45, 2.75) is 25.9 Å². The van der Waals surface area contributed by atoms with Gasteiger partial charge in [0.1, 0.15) is 0 Å². The summed E-state index contributed by atoms with van der Waals surface area (Å²) in [5, 5.41) is 7.84. The molecule has 0 bridgehead atoms. The molecule has 0 unspecified atom stereocenters. The van der Waals surface area contributed by atoms with Gasteiger partial charge in [-0.3, -0.25) is 14.7 Å². The summed E-state index contributed by atoms with van der Waals surface area (Å²) in [6.45, 7) is 4.33. The smallest absolute Gasteiger partial charge is 0.221 e. The molecule has 0 saturated carbocycles. The van der Waals surface area contributed by atoms with Crippen LogP contribution < -0.4 is 5.32 Å². The topological polar surface area (TPSA) is 63.1 Å². The Morgan fingerprint density at radius 1 is 1.15 bits per heavy atom. The highest BCUT2D eigenvalue weighted by Crippen LogP contribution is 2.25. The largest absolute Gasteiger partial charge is 0.355 e. The van der Waals surface area contributed by atoms with Crippen LogP contribution in [0.4, 0.5) is 0 Å². The van der Waals surface area contributed by atoms with Crippen LogP contribution in [0, 0.1) is 0 Å². The number of nitrogens with zero attached hydrogens (tertiary/aromatic N) is 4. The molecule has 3 heterocycles. The summed E-state index contributed by atoms with van der Waals surface area (Å²) in [4.78, 5) is 18.2. The summed E-state index contributed by atoms with van der Waals surface area (Å²) >= 11 is 0. The molecule has 1 atom stereocenters. The van der Waals surface area contributed by atoms with Crippen LogP contribution >= 0.6 is 0 Å². The van der Waals surface area contributed by atoms with Crippen LogP contribution in [-0.2, 0) is 11.3 Å². The van der Waals surface area contributed by atoms with Crippen LogP contribution in [0.1, 0.15) is 18.9 Å². The van der Waals surface area contributed by atoms with E-state index < -0.39 is 0 Å². The van der Waals surface area contributed by atoms with E-state index in [4.69, 9.17) is 5.10 Å². The molecule has 0 spiro atoms. The summed E-state index contributed by atoms with van der Waals surface area (Å²) in [5.74, 6) is 0.124. The molecule has 1 aliphatic rings. The van der Waals surface area contributed by atoms with Gasteiger partial charge >= 0.3 is 0 Å². The van der Waals surface area contributed by atoms with E-state index in [9.17, 15) is 4.79 Å². The highest BCUT2D eigenvalue weighted by Gasteiger charge is 2.22. The van der Waals surface area contributed by atoms with Gasteiger partial charge in [-0.25, -0.2) is 4.68 Å². The molecular formula is C21H23N5O. The number of pyridine rings is 1. The van der Waals surface area contributed by atoms with Gasteiger partial charge in [0.2, 0.25) is 5.91 Å². The van der Waals surface area contributed by atoms with Gasteiger partial charge in [0.05, 0.1) is 11.4 Å². The lowest BCUT2D eigenvalue weighted by Crippen LogP contribution is -2.37. The number of para-hydroxylation sites is 1. The summed E-state index contributed by atoms with van der Waals surface area (Å²) in [7, 11) is 0. The Labute approximate surface area is 158 Å². The molecule has 6 nitrogen and oxygen atoms in total.